The van der Waals surface area contributed by atoms with Gasteiger partial charge in [-0.2, -0.15) is 0 Å². The number of rotatable bonds is 4. The number of aromatic nitrogens is 4. The molecule has 1 aliphatic heterocycles. The summed E-state index contributed by atoms with van der Waals surface area (Å²) >= 11 is 0. The first-order valence-corrected chi connectivity index (χ1v) is 9.05. The van der Waals surface area contributed by atoms with Crippen molar-refractivity contribution < 1.29 is 4.79 Å². The smallest absolute Gasteiger partial charge is 0.270 e. The van der Waals surface area contributed by atoms with Gasteiger partial charge in [0.05, 0.1) is 11.0 Å². The summed E-state index contributed by atoms with van der Waals surface area (Å²) in [7, 11) is 0. The number of carbonyl (C=O) groups excluding carboxylic acids is 1. The van der Waals surface area contributed by atoms with Gasteiger partial charge in [-0.15, -0.1) is 0 Å². The average molecular weight is 348 g/mol. The molecule has 3 aromatic rings. The van der Waals surface area contributed by atoms with E-state index in [-0.39, 0.29) is 5.91 Å². The Kier molecular flexibility index (Phi) is 3.41. The molecule has 3 heterocycles. The molecule has 1 fully saturated rings. The van der Waals surface area contributed by atoms with Gasteiger partial charge in [-0.25, -0.2) is 15.0 Å². The van der Waals surface area contributed by atoms with Crippen LogP contribution in [0.5, 0.6) is 0 Å². The quantitative estimate of drug-likeness (QED) is 0.673. The molecule has 0 spiro atoms. The monoisotopic (exact) mass is 348 g/mol. The van der Waals surface area contributed by atoms with E-state index in [1.54, 1.807) is 0 Å². The normalized spacial score (nSPS) is 16.4. The Bertz CT molecular complexity index is 1020. The van der Waals surface area contributed by atoms with E-state index in [9.17, 15) is 4.79 Å². The summed E-state index contributed by atoms with van der Waals surface area (Å²) in [5, 5.41) is 6.32. The Balaban J connectivity index is 1.46. The van der Waals surface area contributed by atoms with Crippen LogP contribution in [0.2, 0.25) is 0 Å². The largest absolute Gasteiger partial charge is 0.366 e. The lowest BCUT2D eigenvalue weighted by molar-refractivity contribution is 0.0940. The van der Waals surface area contributed by atoms with Gasteiger partial charge in [0.2, 0.25) is 0 Å². The van der Waals surface area contributed by atoms with Crippen LogP contribution in [0.15, 0.2) is 18.2 Å². The van der Waals surface area contributed by atoms with Crippen molar-refractivity contribution in [2.45, 2.75) is 38.6 Å². The number of hydrogen-bond donors (Lipinski definition) is 3. The molecule has 2 aromatic heterocycles. The predicted molar refractivity (Wildman–Crippen MR) is 98.2 cm³/mol. The third kappa shape index (κ3) is 2.69. The molecule has 1 aliphatic carbocycles. The van der Waals surface area contributed by atoms with Crippen molar-refractivity contribution >= 4 is 22.8 Å². The molecule has 0 radical (unpaired) electrons. The first-order chi connectivity index (χ1) is 12.7. The zero-order valence-electron chi connectivity index (χ0n) is 14.6. The Morgan fingerprint density at radius 3 is 2.96 bits per heavy atom. The zero-order chi connectivity index (χ0) is 17.7. The summed E-state index contributed by atoms with van der Waals surface area (Å²) < 4.78 is 0. The summed E-state index contributed by atoms with van der Waals surface area (Å²) in [6.45, 7) is 3.23. The number of hydrogen-bond acceptors (Lipinski definition) is 5. The molecule has 7 heteroatoms. The van der Waals surface area contributed by atoms with E-state index in [0.29, 0.717) is 24.7 Å². The number of imidazole rings is 1. The number of anilines is 1. The van der Waals surface area contributed by atoms with Crippen molar-refractivity contribution in [2.24, 2.45) is 0 Å². The molecule has 0 atom stereocenters. The van der Waals surface area contributed by atoms with Crippen molar-refractivity contribution in [3.8, 4) is 0 Å². The molecule has 26 heavy (non-hydrogen) atoms. The zero-order valence-corrected chi connectivity index (χ0v) is 14.6. The number of H-pyrrole nitrogens is 1. The van der Waals surface area contributed by atoms with Gasteiger partial charge >= 0.3 is 0 Å². The SMILES string of the molecule is Cc1nc2ccc(CNc3nc(C4CC4)nc4c3CCNC4=O)cc2[nH]1. The average Bonchev–Trinajstić information content (AvgIpc) is 3.41. The standard InChI is InChI=1S/C19H20N6O/c1-10-22-14-5-2-11(8-15(14)23-10)9-21-18-13-6-7-20-19(26)16(13)24-17(25-18)12-3-4-12/h2,5,8,12H,3-4,6-7,9H2,1H3,(H,20,26)(H,22,23)(H,21,24,25). The summed E-state index contributed by atoms with van der Waals surface area (Å²) in [5.41, 5.74) is 4.61. The molecule has 1 saturated carbocycles. The number of aromatic amines is 1. The molecule has 0 saturated heterocycles. The van der Waals surface area contributed by atoms with Gasteiger partial charge in [0, 0.05) is 24.6 Å². The number of amides is 1. The third-order valence-electron chi connectivity index (χ3n) is 4.97. The van der Waals surface area contributed by atoms with Gasteiger partial charge in [0.15, 0.2) is 0 Å². The molecular formula is C19H20N6O. The molecule has 132 valence electrons. The third-order valence-corrected chi connectivity index (χ3v) is 4.97. The van der Waals surface area contributed by atoms with Crippen molar-refractivity contribution in [3.63, 3.8) is 0 Å². The van der Waals surface area contributed by atoms with Gasteiger partial charge in [-0.05, 0) is 43.9 Å². The van der Waals surface area contributed by atoms with Crippen LogP contribution >= 0.6 is 0 Å². The van der Waals surface area contributed by atoms with E-state index >= 15 is 0 Å². The first kappa shape index (κ1) is 15.3. The lowest BCUT2D eigenvalue weighted by atomic mass is 10.1. The Morgan fingerprint density at radius 2 is 2.12 bits per heavy atom. The van der Waals surface area contributed by atoms with E-state index in [0.717, 1.165) is 58.9 Å². The summed E-state index contributed by atoms with van der Waals surface area (Å²) in [6, 6.07) is 6.19. The predicted octanol–water partition coefficient (Wildman–Crippen LogP) is 2.44. The topological polar surface area (TPSA) is 95.6 Å². The van der Waals surface area contributed by atoms with Gasteiger partial charge in [-0.1, -0.05) is 6.07 Å². The van der Waals surface area contributed by atoms with Crippen molar-refractivity contribution in [3.05, 3.63) is 46.7 Å². The molecule has 2 aliphatic rings. The van der Waals surface area contributed by atoms with Crippen LogP contribution in [-0.4, -0.2) is 32.4 Å². The van der Waals surface area contributed by atoms with Gasteiger partial charge in [-0.3, -0.25) is 4.79 Å². The fourth-order valence-electron chi connectivity index (χ4n) is 3.46. The number of benzene rings is 1. The Labute approximate surface area is 150 Å². The molecule has 1 aromatic carbocycles. The number of fused-ring (bicyclic) bond motifs is 2. The summed E-state index contributed by atoms with van der Waals surface area (Å²) in [6.07, 6.45) is 2.97. The van der Waals surface area contributed by atoms with Crippen LogP contribution in [0, 0.1) is 6.92 Å². The highest BCUT2D eigenvalue weighted by molar-refractivity contribution is 5.96. The fourth-order valence-corrected chi connectivity index (χ4v) is 3.46. The lowest BCUT2D eigenvalue weighted by Crippen LogP contribution is -2.34. The van der Waals surface area contributed by atoms with Crippen LogP contribution in [0.25, 0.3) is 11.0 Å². The Hall–Kier alpha value is -2.96. The summed E-state index contributed by atoms with van der Waals surface area (Å²) in [4.78, 5) is 29.2. The van der Waals surface area contributed by atoms with E-state index in [2.05, 4.69) is 37.7 Å². The van der Waals surface area contributed by atoms with Gasteiger partial charge in [0.1, 0.15) is 23.2 Å². The summed E-state index contributed by atoms with van der Waals surface area (Å²) in [5.74, 6) is 2.82. The van der Waals surface area contributed by atoms with Crippen LogP contribution in [0.1, 0.15) is 52.0 Å². The number of carbonyl (C=O) groups is 1. The van der Waals surface area contributed by atoms with Gasteiger partial charge < -0.3 is 15.6 Å². The minimum atomic E-state index is -0.0899. The van der Waals surface area contributed by atoms with E-state index in [4.69, 9.17) is 4.98 Å². The second kappa shape index (κ2) is 5.79. The first-order valence-electron chi connectivity index (χ1n) is 9.05. The molecular weight excluding hydrogens is 328 g/mol. The molecule has 5 rings (SSSR count). The minimum Gasteiger partial charge on any atom is -0.366 e. The van der Waals surface area contributed by atoms with Crippen LogP contribution < -0.4 is 10.6 Å². The highest BCUT2D eigenvalue weighted by atomic mass is 16.1. The van der Waals surface area contributed by atoms with Crippen LogP contribution in [0.3, 0.4) is 0 Å². The number of nitrogens with one attached hydrogen (secondary N) is 3. The maximum Gasteiger partial charge on any atom is 0.270 e. The second-order valence-corrected chi connectivity index (χ2v) is 7.07. The van der Waals surface area contributed by atoms with Crippen LogP contribution in [0.4, 0.5) is 5.82 Å². The molecule has 0 bridgehead atoms. The van der Waals surface area contributed by atoms with Crippen molar-refractivity contribution in [1.82, 2.24) is 25.3 Å². The molecule has 1 amide bonds. The maximum absolute atomic E-state index is 12.2. The highest BCUT2D eigenvalue weighted by Crippen LogP contribution is 2.39. The van der Waals surface area contributed by atoms with E-state index in [1.807, 2.05) is 13.0 Å². The van der Waals surface area contributed by atoms with Crippen molar-refractivity contribution in [1.29, 1.82) is 0 Å². The molecule has 0 unspecified atom stereocenters. The molecule has 3 N–H and O–H groups in total. The Morgan fingerprint density at radius 1 is 1.23 bits per heavy atom. The lowest BCUT2D eigenvalue weighted by Gasteiger charge is -2.20. The number of nitrogens with zero attached hydrogens (tertiary/aromatic N) is 3. The fraction of sp³-hybridized carbons (Fsp3) is 0.368. The van der Waals surface area contributed by atoms with E-state index in [1.165, 1.54) is 0 Å². The second-order valence-electron chi connectivity index (χ2n) is 7.07. The maximum atomic E-state index is 12.2. The van der Waals surface area contributed by atoms with Crippen molar-refractivity contribution in [2.75, 3.05) is 11.9 Å². The highest BCUT2D eigenvalue weighted by Gasteiger charge is 2.31. The van der Waals surface area contributed by atoms with E-state index < -0.39 is 0 Å². The van der Waals surface area contributed by atoms with Crippen LogP contribution in [-0.2, 0) is 13.0 Å². The molecule has 7 nitrogen and oxygen atoms in total. The minimum absolute atomic E-state index is 0.0899. The van der Waals surface area contributed by atoms with Gasteiger partial charge in [0.25, 0.3) is 5.91 Å². The number of aryl methyl sites for hydroxylation is 1.